The summed E-state index contributed by atoms with van der Waals surface area (Å²) >= 11 is 0. The van der Waals surface area contributed by atoms with E-state index in [0.29, 0.717) is 13.4 Å². The fraction of sp³-hybridized carbons (Fsp3) is 0.750. The number of alkyl halides is 1. The molecule has 2 rings (SSSR count). The van der Waals surface area contributed by atoms with Crippen LogP contribution in [0.3, 0.4) is 0 Å². The largest absolute Gasteiger partial charge is 0.396 e. The van der Waals surface area contributed by atoms with Crippen LogP contribution in [0.2, 0.25) is 0 Å². The molecule has 0 bridgehead atoms. The Morgan fingerprint density at radius 2 is 1.24 bits per heavy atom. The number of rotatable bonds is 12. The molecule has 0 aromatic heterocycles. The normalized spacial score (nSPS) is 21.4. The maximum absolute atomic E-state index is 11.5. The Bertz CT molecular complexity index is 742. The Hall–Kier alpha value is -2.90. The topological polar surface area (TPSA) is 257 Å². The summed E-state index contributed by atoms with van der Waals surface area (Å²) in [5, 5.41) is 52.6. The van der Waals surface area contributed by atoms with E-state index in [4.69, 9.17) is 46.2 Å². The van der Waals surface area contributed by atoms with Crippen LogP contribution in [-0.4, -0.2) is 123 Å². The summed E-state index contributed by atoms with van der Waals surface area (Å²) in [6.07, 6.45) is 0.0927. The molecular weight excluding hydrogens is 511 g/mol. The van der Waals surface area contributed by atoms with Crippen molar-refractivity contribution in [2.24, 2.45) is 17.8 Å². The van der Waals surface area contributed by atoms with Crippen LogP contribution in [0.5, 0.6) is 0 Å². The Morgan fingerprint density at radius 3 is 1.49 bits per heavy atom. The number of nitrogens with zero attached hydrogens (tertiary/aromatic N) is 5. The van der Waals surface area contributed by atoms with Gasteiger partial charge in [0.2, 0.25) is 0 Å². The Morgan fingerprint density at radius 1 is 0.946 bits per heavy atom. The van der Waals surface area contributed by atoms with Crippen molar-refractivity contribution in [3.63, 3.8) is 0 Å². The molecule has 2 heterocycles. The highest BCUT2D eigenvalue weighted by Gasteiger charge is 2.60. The number of epoxide rings is 2. The van der Waals surface area contributed by atoms with E-state index in [0.717, 1.165) is 6.21 Å². The number of aliphatic hydroxyl groups excluding tert-OH is 5. The molecule has 2 saturated heterocycles. The average Bonchev–Trinajstić information content (AvgIpc) is 3.77. The van der Waals surface area contributed by atoms with Gasteiger partial charge >= 0.3 is 12.4 Å². The Kier molecular flexibility index (Phi) is 23.6. The number of ether oxygens (including phenoxy) is 2. The first kappa shape index (κ1) is 41.2. The van der Waals surface area contributed by atoms with Crippen molar-refractivity contribution in [2.45, 2.75) is 31.2 Å². The van der Waals surface area contributed by atoms with Crippen LogP contribution >= 0.6 is 0 Å². The minimum absolute atomic E-state index is 0. The van der Waals surface area contributed by atoms with E-state index in [2.05, 4.69) is 9.58 Å². The number of hydrogen-bond acceptors (Lipinski definition) is 10. The van der Waals surface area contributed by atoms with Gasteiger partial charge in [0.1, 0.15) is 6.10 Å². The smallest absolute Gasteiger partial charge is 0.326 e. The van der Waals surface area contributed by atoms with Crippen LogP contribution in [0, 0.1) is 29.1 Å². The molecule has 0 unspecified atom stereocenters. The van der Waals surface area contributed by atoms with Crippen LogP contribution in [-0.2, 0) is 19.1 Å². The lowest BCUT2D eigenvalue weighted by molar-refractivity contribution is -0.127. The number of Topliss-reactive ketones (excluding diaryl/α,β-unsaturated/α-hetero) is 2. The maximum atomic E-state index is 11.5. The van der Waals surface area contributed by atoms with Gasteiger partial charge in [-0.1, -0.05) is 6.92 Å². The first-order valence-electron chi connectivity index (χ1n) is 10.2. The summed E-state index contributed by atoms with van der Waals surface area (Å²) in [6, 6.07) is 1.75. The van der Waals surface area contributed by atoms with Crippen LogP contribution in [0.1, 0.15) is 13.8 Å². The minimum Gasteiger partial charge on any atom is -0.396 e. The van der Waals surface area contributed by atoms with Crippen molar-refractivity contribution >= 4 is 24.0 Å². The van der Waals surface area contributed by atoms with Crippen molar-refractivity contribution in [3.05, 3.63) is 11.1 Å². The predicted molar refractivity (Wildman–Crippen MR) is 121 cm³/mol. The van der Waals surface area contributed by atoms with Gasteiger partial charge in [-0.3, -0.25) is 23.4 Å². The van der Waals surface area contributed by atoms with Gasteiger partial charge in [-0.2, -0.15) is 14.8 Å². The molecule has 17 heteroatoms. The van der Waals surface area contributed by atoms with E-state index < -0.39 is 53.9 Å². The molecule has 4 atom stereocenters. The lowest BCUT2D eigenvalue weighted by Crippen LogP contribution is -2.46. The molecule has 37 heavy (non-hydrogen) atoms. The average molecular weight is 546 g/mol. The fourth-order valence-corrected chi connectivity index (χ4v) is 2.96. The highest BCUT2D eigenvalue weighted by Crippen LogP contribution is 2.39. The third-order valence-electron chi connectivity index (χ3n) is 5.40. The molecule has 0 aliphatic carbocycles. The van der Waals surface area contributed by atoms with Gasteiger partial charge in [-0.05, 0) is 0 Å². The second-order valence-corrected chi connectivity index (χ2v) is 7.28. The summed E-state index contributed by atoms with van der Waals surface area (Å²) < 4.78 is 19.4. The Labute approximate surface area is 210 Å². The monoisotopic (exact) mass is 545 g/mol. The number of hydrogen-bond donors (Lipinski definition) is 5. The number of halogens is 3. The van der Waals surface area contributed by atoms with Crippen LogP contribution in [0.4, 0.5) is 13.8 Å². The number of carbonyl (C=O) groups excluding carboxylic acids is 2. The number of carbonyl (C=O) groups is 2. The SMILES string of the molecule is CC#N.CF.C[C@H](C(CO)CO)[C@@]1(C(=O)C=[N+]=[N-])CO1.F.F.[N-]=[N+]=CC(=O)[C@]1([C@H](O)C(CO)CO)CO1. The third-order valence-corrected chi connectivity index (χ3v) is 5.40. The zero-order valence-electron chi connectivity index (χ0n) is 20.5. The second-order valence-electron chi connectivity index (χ2n) is 7.28. The molecule has 0 radical (unpaired) electrons. The van der Waals surface area contributed by atoms with Crippen LogP contribution in [0.25, 0.3) is 11.1 Å². The molecule has 14 nitrogen and oxygen atoms in total. The summed E-state index contributed by atoms with van der Waals surface area (Å²) in [7, 11) is 0.500. The first-order valence-corrected chi connectivity index (χ1v) is 10.2. The minimum atomic E-state index is -1.47. The fourth-order valence-electron chi connectivity index (χ4n) is 2.96. The summed E-state index contributed by atoms with van der Waals surface area (Å²) in [6.45, 7) is 2.00. The van der Waals surface area contributed by atoms with Gasteiger partial charge in [0, 0.05) is 37.9 Å². The highest BCUT2D eigenvalue weighted by molar-refractivity contribution is 6.30. The van der Waals surface area contributed by atoms with Crippen molar-refractivity contribution < 1.29 is 68.0 Å². The molecular formula is C20H34F3N5O9. The van der Waals surface area contributed by atoms with Crippen molar-refractivity contribution in [2.75, 3.05) is 46.8 Å². The van der Waals surface area contributed by atoms with Gasteiger partial charge in [-0.25, -0.2) is 0 Å². The van der Waals surface area contributed by atoms with E-state index in [1.165, 1.54) is 6.92 Å². The number of nitriles is 1. The van der Waals surface area contributed by atoms with E-state index in [-0.39, 0.29) is 41.8 Å². The standard InChI is InChI=1S/C9H14N2O4.C8H12N2O5.C2H3N.CH3F.2FH/c1-6(7(3-12)4-13)9(5-15-9)8(14)2-11-10;9-10-1-6(13)8(4-15-8)7(14)5(2-11)3-12;1-2-3;1-2;;/h2,6-7,12-13H,3-5H2,1H3;1,5,7,11-12,14H,2-4H2;1H3;1H3;2*1H/t6-,9-;7-,8+;;;;/m11..../s1. The van der Waals surface area contributed by atoms with Gasteiger partial charge in [0.15, 0.2) is 11.2 Å². The van der Waals surface area contributed by atoms with Crippen LogP contribution < -0.4 is 0 Å². The second kappa shape index (κ2) is 21.2. The third kappa shape index (κ3) is 11.4. The molecule has 2 aliphatic rings. The highest BCUT2D eigenvalue weighted by atomic mass is 19.1. The van der Waals surface area contributed by atoms with E-state index in [1.54, 1.807) is 13.0 Å². The predicted octanol–water partition coefficient (Wildman–Crippen LogP) is -2.13. The van der Waals surface area contributed by atoms with Gasteiger partial charge in [-0.15, -0.1) is 0 Å². The van der Waals surface area contributed by atoms with E-state index in [9.17, 15) is 19.1 Å². The quantitative estimate of drug-likeness (QED) is 0.0770. The van der Waals surface area contributed by atoms with Gasteiger partial charge in [0.25, 0.3) is 11.6 Å². The van der Waals surface area contributed by atoms with E-state index in [1.807, 2.05) is 0 Å². The Balaban J connectivity index is -0.000000239. The van der Waals surface area contributed by atoms with Crippen molar-refractivity contribution in [1.29, 1.82) is 5.26 Å². The van der Waals surface area contributed by atoms with Crippen molar-refractivity contribution in [3.8, 4) is 6.07 Å². The molecule has 0 amide bonds. The van der Waals surface area contributed by atoms with Crippen LogP contribution in [0.15, 0.2) is 0 Å². The molecule has 2 fully saturated rings. The molecule has 0 spiro atoms. The summed E-state index contributed by atoms with van der Waals surface area (Å²) in [5.74, 6) is -2.72. The summed E-state index contributed by atoms with van der Waals surface area (Å²) in [5.41, 5.74) is 13.9. The first-order chi connectivity index (χ1) is 16.7. The number of ketones is 2. The number of aliphatic hydroxyl groups is 5. The summed E-state index contributed by atoms with van der Waals surface area (Å²) in [4.78, 5) is 28.1. The van der Waals surface area contributed by atoms with Gasteiger partial charge in [0.05, 0.1) is 39.7 Å². The zero-order valence-corrected chi connectivity index (χ0v) is 20.5. The molecule has 0 saturated carbocycles. The molecule has 214 valence electrons. The maximum Gasteiger partial charge on any atom is 0.326 e. The van der Waals surface area contributed by atoms with Gasteiger partial charge < -0.3 is 46.1 Å². The zero-order chi connectivity index (χ0) is 27.7. The molecule has 2 aliphatic heterocycles. The van der Waals surface area contributed by atoms with Crippen molar-refractivity contribution in [1.82, 2.24) is 0 Å². The molecule has 0 aromatic carbocycles. The van der Waals surface area contributed by atoms with E-state index >= 15 is 0 Å². The lowest BCUT2D eigenvalue weighted by atomic mass is 9.81. The lowest BCUT2D eigenvalue weighted by Gasteiger charge is -2.23. The molecule has 0 aromatic rings. The molecule has 5 N–H and O–H groups in total.